The van der Waals surface area contributed by atoms with Crippen molar-refractivity contribution >= 4 is 25.6 Å². The molecule has 5 rings (SSSR count). The van der Waals surface area contributed by atoms with E-state index in [0.29, 0.717) is 57.5 Å². The van der Waals surface area contributed by atoms with Crippen LogP contribution in [0.3, 0.4) is 0 Å². The fourth-order valence-electron chi connectivity index (χ4n) is 9.87. The summed E-state index contributed by atoms with van der Waals surface area (Å²) in [5, 5.41) is 12.2. The van der Waals surface area contributed by atoms with Crippen molar-refractivity contribution in [3.63, 3.8) is 0 Å². The maximum Gasteiger partial charge on any atom is 0.419 e. The molecule has 14 heteroatoms. The summed E-state index contributed by atoms with van der Waals surface area (Å²) in [6.07, 6.45) is 6.35. The first-order chi connectivity index (χ1) is 26.4. The van der Waals surface area contributed by atoms with E-state index in [1.54, 1.807) is 0 Å². The Balaban J connectivity index is 1.60. The highest BCUT2D eigenvalue weighted by Gasteiger charge is 2.60. The molecule has 0 spiro atoms. The van der Waals surface area contributed by atoms with Crippen LogP contribution in [0, 0.1) is 28.1 Å². The summed E-state index contributed by atoms with van der Waals surface area (Å²) in [4.78, 5) is 0. The van der Waals surface area contributed by atoms with E-state index in [1.165, 1.54) is 0 Å². The Morgan fingerprint density at radius 1 is 0.596 bits per heavy atom. The fourth-order valence-corrected chi connectivity index (χ4v) is 15.9. The van der Waals surface area contributed by atoms with Crippen molar-refractivity contribution in [1.82, 2.24) is 20.4 Å². The average molecular weight is 863 g/mol. The maximum atomic E-state index is 7.13. The highest BCUT2D eigenvalue weighted by Crippen LogP contribution is 2.61. The van der Waals surface area contributed by atoms with E-state index in [-0.39, 0.29) is 44.4 Å². The molecule has 9 unspecified atom stereocenters. The molecular formula is C43H87N5O6P3+. The Bertz CT molecular complexity index is 1310. The lowest BCUT2D eigenvalue weighted by molar-refractivity contribution is -0.851. The van der Waals surface area contributed by atoms with Crippen molar-refractivity contribution in [2.75, 3.05) is 65.8 Å². The molecule has 57 heavy (non-hydrogen) atoms. The summed E-state index contributed by atoms with van der Waals surface area (Å²) in [5.41, 5.74) is -0.0761. The minimum atomic E-state index is -1.32. The summed E-state index contributed by atoms with van der Waals surface area (Å²) < 4.78 is 44.1. The van der Waals surface area contributed by atoms with E-state index in [2.05, 4.69) is 131 Å². The van der Waals surface area contributed by atoms with Crippen LogP contribution in [0.25, 0.3) is 0 Å². The first-order valence-corrected chi connectivity index (χ1v) is 26.0. The number of hydrogen-bond acceptors (Lipinski definition) is 10. The molecule has 5 aliphatic heterocycles. The Morgan fingerprint density at radius 3 is 1.54 bits per heavy atom. The molecule has 3 N–H and O–H groups in total. The van der Waals surface area contributed by atoms with Gasteiger partial charge in [-0.2, -0.15) is 0 Å². The predicted octanol–water partition coefficient (Wildman–Crippen LogP) is 10.3. The zero-order chi connectivity index (χ0) is 42.3. The molecule has 5 fully saturated rings. The molecule has 0 aromatic carbocycles. The van der Waals surface area contributed by atoms with E-state index in [1.807, 2.05) is 0 Å². The summed E-state index contributed by atoms with van der Waals surface area (Å²) in [7, 11) is -3.76. The van der Waals surface area contributed by atoms with Gasteiger partial charge in [0.15, 0.2) is 0 Å². The highest BCUT2D eigenvalue weighted by atomic mass is 31.2. The predicted molar refractivity (Wildman–Crippen MR) is 239 cm³/mol. The van der Waals surface area contributed by atoms with E-state index < -0.39 is 25.6 Å². The van der Waals surface area contributed by atoms with Crippen LogP contribution in [0.1, 0.15) is 149 Å². The Morgan fingerprint density at radius 2 is 1.05 bits per heavy atom. The molecule has 5 saturated heterocycles. The molecule has 0 saturated carbocycles. The highest BCUT2D eigenvalue weighted by molar-refractivity contribution is 7.45. The van der Waals surface area contributed by atoms with Gasteiger partial charge in [-0.15, -0.1) is 0 Å². The van der Waals surface area contributed by atoms with Crippen LogP contribution in [-0.2, 0) is 27.1 Å². The van der Waals surface area contributed by atoms with Gasteiger partial charge in [0.2, 0.25) is 0 Å². The molecule has 11 nitrogen and oxygen atoms in total. The largest absolute Gasteiger partial charge is 0.419 e. The lowest BCUT2D eigenvalue weighted by Gasteiger charge is -2.60. The van der Waals surface area contributed by atoms with Gasteiger partial charge in [0.1, 0.15) is 0 Å². The maximum absolute atomic E-state index is 7.13. The monoisotopic (exact) mass is 863 g/mol. The molecule has 5 aliphatic rings. The molecular weight excluding hydrogens is 775 g/mol. The Hall–Kier alpha value is 0.850. The van der Waals surface area contributed by atoms with Gasteiger partial charge in [-0.05, 0) is 65.7 Å². The average Bonchev–Trinajstić information content (AvgIpc) is 3.15. The van der Waals surface area contributed by atoms with E-state index >= 15 is 0 Å². The van der Waals surface area contributed by atoms with Gasteiger partial charge in [-0.3, -0.25) is 13.3 Å². The molecule has 9 atom stereocenters. The third kappa shape index (κ3) is 11.2. The van der Waals surface area contributed by atoms with Gasteiger partial charge in [0.05, 0.1) is 71.9 Å². The van der Waals surface area contributed by atoms with Crippen molar-refractivity contribution in [3.8, 4) is 0 Å². The lowest BCUT2D eigenvalue weighted by Crippen LogP contribution is -2.73. The van der Waals surface area contributed by atoms with Crippen LogP contribution < -0.4 is 15.7 Å². The lowest BCUT2D eigenvalue weighted by atomic mass is 9.68. The summed E-state index contributed by atoms with van der Waals surface area (Å²) in [5.74, 6) is 0.758. The van der Waals surface area contributed by atoms with Gasteiger partial charge in [0, 0.05) is 56.8 Å². The van der Waals surface area contributed by atoms with E-state index in [4.69, 9.17) is 27.1 Å². The number of nitrogens with zero attached hydrogens (tertiary/aromatic N) is 2. The SMILES string of the molecule is CCC1(C)CC(N(CC[N+](CCNP2OCC(C)(C)CO2)(C2CC(C)(CC)NC(C)(CC)C2C)P2OCC(C)(C)CO2)P2OCC(C)(C)CO2)C(C)C(C)(CC)N1. The van der Waals surface area contributed by atoms with Crippen molar-refractivity contribution < 1.29 is 31.4 Å². The number of quaternary nitrogens is 1. The minimum Gasteiger partial charge on any atom is -0.321 e. The van der Waals surface area contributed by atoms with Gasteiger partial charge in [0.25, 0.3) is 17.1 Å². The zero-order valence-corrected chi connectivity index (χ0v) is 42.0. The van der Waals surface area contributed by atoms with Crippen LogP contribution in [0.2, 0.25) is 0 Å². The van der Waals surface area contributed by atoms with Gasteiger partial charge >= 0.3 is 8.53 Å². The molecule has 334 valence electrons. The summed E-state index contributed by atoms with van der Waals surface area (Å²) >= 11 is 0. The van der Waals surface area contributed by atoms with Crippen LogP contribution in [0.5, 0.6) is 0 Å². The standard InChI is InChI=1S/C43H87N5O6P3/c1-17-40(13)25-35(33(5)42(15,19-3)45-40)47(56-51-29-38(9,10)30-52-56)22-24-48(57-53-31-39(11,12)32-54-57,23-21-44-55-49-27-37(7,8)28-50-55)36-26-41(14,18-2)46-43(16,20-4)34(36)6/h33-36,44-46H,17-32H2,1-16H3/q+1. The van der Waals surface area contributed by atoms with Crippen LogP contribution in [-0.4, -0.2) is 109 Å². The van der Waals surface area contributed by atoms with Crippen molar-refractivity contribution in [1.29, 1.82) is 0 Å². The van der Waals surface area contributed by atoms with Gasteiger partial charge in [-0.1, -0.05) is 83.1 Å². The minimum absolute atomic E-state index is 0.00849. The molecule has 0 aromatic rings. The normalized spacial score (nSPS) is 40.6. The molecule has 0 amide bonds. The second kappa shape index (κ2) is 18.5. The molecule has 0 bridgehead atoms. The topological polar surface area (TPSA) is 94.7 Å². The first-order valence-electron chi connectivity index (χ1n) is 22.6. The summed E-state index contributed by atoms with van der Waals surface area (Å²) in [6, 6.07) is 0.584. The number of piperidine rings is 2. The van der Waals surface area contributed by atoms with Crippen LogP contribution in [0.4, 0.5) is 0 Å². The second-order valence-corrected chi connectivity index (χ2v) is 26.8. The zero-order valence-electron chi connectivity index (χ0n) is 39.3. The number of nitrogens with one attached hydrogen (secondary N) is 3. The third-order valence-corrected chi connectivity index (χ3v) is 20.0. The third-order valence-electron chi connectivity index (χ3n) is 15.1. The second-order valence-electron chi connectivity index (χ2n) is 22.1. The van der Waals surface area contributed by atoms with E-state index in [9.17, 15) is 0 Å². The van der Waals surface area contributed by atoms with Crippen molar-refractivity contribution in [2.45, 2.75) is 184 Å². The number of rotatable bonds is 15. The molecule has 5 heterocycles. The summed E-state index contributed by atoms with van der Waals surface area (Å²) in [6.45, 7) is 45.2. The quantitative estimate of drug-likeness (QED) is 0.138. The molecule has 0 radical (unpaired) electrons. The first kappa shape index (κ1) is 48.9. The van der Waals surface area contributed by atoms with Crippen molar-refractivity contribution in [2.24, 2.45) is 28.1 Å². The number of hydrogen-bond donors (Lipinski definition) is 3. The Labute approximate surface area is 353 Å². The molecule has 0 aliphatic carbocycles. The van der Waals surface area contributed by atoms with Gasteiger partial charge < -0.3 is 28.7 Å². The van der Waals surface area contributed by atoms with Crippen LogP contribution >= 0.6 is 25.6 Å². The van der Waals surface area contributed by atoms with E-state index in [0.717, 1.165) is 69.0 Å². The Kier molecular flexibility index (Phi) is 15.9. The smallest absolute Gasteiger partial charge is 0.321 e. The van der Waals surface area contributed by atoms with Crippen LogP contribution in [0.15, 0.2) is 0 Å². The van der Waals surface area contributed by atoms with Gasteiger partial charge in [-0.25, -0.2) is 9.76 Å². The molecule has 0 aromatic heterocycles. The fraction of sp³-hybridized carbons (Fsp3) is 1.00. The van der Waals surface area contributed by atoms with Crippen molar-refractivity contribution in [3.05, 3.63) is 0 Å².